The zero-order valence-electron chi connectivity index (χ0n) is 19.7. The lowest BCUT2D eigenvalue weighted by Crippen LogP contribution is -2.28. The van der Waals surface area contributed by atoms with Gasteiger partial charge in [-0.2, -0.15) is 5.26 Å². The van der Waals surface area contributed by atoms with Crippen LogP contribution in [-0.4, -0.2) is 30.4 Å². The molecule has 3 heterocycles. The second-order valence-electron chi connectivity index (χ2n) is 8.42. The Morgan fingerprint density at radius 1 is 1.03 bits per heavy atom. The van der Waals surface area contributed by atoms with E-state index in [1.165, 1.54) is 5.69 Å². The van der Waals surface area contributed by atoms with Crippen LogP contribution >= 0.6 is 11.6 Å². The van der Waals surface area contributed by atoms with Gasteiger partial charge in [-0.3, -0.25) is 4.98 Å². The maximum Gasteiger partial charge on any atom is 0.146 e. The third kappa shape index (κ3) is 4.33. The van der Waals surface area contributed by atoms with Crippen molar-refractivity contribution in [1.29, 1.82) is 5.26 Å². The van der Waals surface area contributed by atoms with E-state index in [1.54, 1.807) is 14.2 Å². The van der Waals surface area contributed by atoms with Crippen LogP contribution in [0.15, 0.2) is 60.9 Å². The van der Waals surface area contributed by atoms with Gasteiger partial charge >= 0.3 is 0 Å². The zero-order chi connectivity index (χ0) is 24.4. The molecule has 1 aliphatic rings. The van der Waals surface area contributed by atoms with E-state index in [4.69, 9.17) is 26.3 Å². The molecular weight excluding hydrogens is 462 g/mol. The Balaban J connectivity index is 1.51. The van der Waals surface area contributed by atoms with E-state index in [0.29, 0.717) is 24.7 Å². The number of ether oxygens (including phenoxy) is 2. The van der Waals surface area contributed by atoms with Crippen LogP contribution in [0.3, 0.4) is 0 Å². The molecule has 5 rings (SSSR count). The zero-order valence-corrected chi connectivity index (χ0v) is 20.5. The minimum absolute atomic E-state index is 0.522. The molecule has 35 heavy (non-hydrogen) atoms. The van der Waals surface area contributed by atoms with Crippen LogP contribution in [0.5, 0.6) is 11.5 Å². The predicted octanol–water partition coefficient (Wildman–Crippen LogP) is 6.13. The molecule has 2 aromatic heterocycles. The number of unbranched alkanes of at least 4 members (excludes halogenated alkanes) is 1. The summed E-state index contributed by atoms with van der Waals surface area (Å²) in [6.07, 6.45) is 5.04. The maximum absolute atomic E-state index is 9.05. The van der Waals surface area contributed by atoms with Gasteiger partial charge in [0.25, 0.3) is 0 Å². The Bertz CT molecular complexity index is 1410. The molecule has 0 bridgehead atoms. The number of methoxy groups -OCH3 is 2. The lowest BCUT2D eigenvalue weighted by Gasteiger charge is -2.24. The van der Waals surface area contributed by atoms with E-state index in [0.717, 1.165) is 52.4 Å². The standard InChI is InChI=1S/C27H26ClN5O2/c1-34-22-6-8-25(27(15-22)35-2)33-18-31(26-16-30-11-9-24(26)33)17-21-14-19-13-20(28)5-7-23(19)32(21)12-4-3-10-29/h5-9,11,13-16H,3-4,12,17-18H2,1-2H3. The van der Waals surface area contributed by atoms with Crippen molar-refractivity contribution in [2.45, 2.75) is 25.9 Å². The van der Waals surface area contributed by atoms with Crippen molar-refractivity contribution >= 4 is 39.6 Å². The summed E-state index contributed by atoms with van der Waals surface area (Å²) in [4.78, 5) is 8.94. The van der Waals surface area contributed by atoms with Crippen LogP contribution in [-0.2, 0) is 13.1 Å². The highest BCUT2D eigenvalue weighted by Gasteiger charge is 2.30. The summed E-state index contributed by atoms with van der Waals surface area (Å²) < 4.78 is 13.4. The van der Waals surface area contributed by atoms with E-state index in [1.807, 2.05) is 48.8 Å². The summed E-state index contributed by atoms with van der Waals surface area (Å²) >= 11 is 6.28. The molecule has 0 fully saturated rings. The summed E-state index contributed by atoms with van der Waals surface area (Å²) in [5, 5.41) is 10.9. The van der Waals surface area contributed by atoms with E-state index < -0.39 is 0 Å². The number of hydrogen-bond acceptors (Lipinski definition) is 6. The van der Waals surface area contributed by atoms with E-state index in [9.17, 15) is 0 Å². The van der Waals surface area contributed by atoms with E-state index >= 15 is 0 Å². The molecule has 0 unspecified atom stereocenters. The summed E-state index contributed by atoms with van der Waals surface area (Å²) in [6.45, 7) is 2.11. The molecule has 7 nitrogen and oxygen atoms in total. The molecule has 178 valence electrons. The number of halogens is 1. The number of anilines is 3. The molecule has 0 N–H and O–H groups in total. The van der Waals surface area contributed by atoms with Gasteiger partial charge in [-0.15, -0.1) is 0 Å². The third-order valence-electron chi connectivity index (χ3n) is 6.37. The average molecular weight is 488 g/mol. The van der Waals surface area contributed by atoms with Crippen molar-refractivity contribution in [3.8, 4) is 17.6 Å². The number of pyridine rings is 1. The number of aromatic nitrogens is 2. The minimum atomic E-state index is 0.522. The van der Waals surface area contributed by atoms with Gasteiger partial charge in [-0.05, 0) is 48.9 Å². The summed E-state index contributed by atoms with van der Waals surface area (Å²) in [7, 11) is 3.32. The van der Waals surface area contributed by atoms with Crippen LogP contribution in [0.1, 0.15) is 18.5 Å². The first-order valence-electron chi connectivity index (χ1n) is 11.5. The Morgan fingerprint density at radius 2 is 1.91 bits per heavy atom. The fourth-order valence-electron chi connectivity index (χ4n) is 4.73. The van der Waals surface area contributed by atoms with Crippen molar-refractivity contribution in [2.24, 2.45) is 0 Å². The Morgan fingerprint density at radius 3 is 2.71 bits per heavy atom. The number of benzene rings is 2. The fraction of sp³-hybridized carbons (Fsp3) is 0.259. The van der Waals surface area contributed by atoms with Gasteiger partial charge in [0.1, 0.15) is 11.5 Å². The molecule has 0 spiro atoms. The number of nitrogens with zero attached hydrogens (tertiary/aromatic N) is 5. The minimum Gasteiger partial charge on any atom is -0.497 e. The van der Waals surface area contributed by atoms with Crippen LogP contribution in [0.4, 0.5) is 17.1 Å². The highest BCUT2D eigenvalue weighted by molar-refractivity contribution is 6.31. The molecule has 0 aliphatic carbocycles. The lowest BCUT2D eigenvalue weighted by molar-refractivity contribution is 0.395. The predicted molar refractivity (Wildman–Crippen MR) is 139 cm³/mol. The summed E-state index contributed by atoms with van der Waals surface area (Å²) in [5.74, 6) is 1.49. The average Bonchev–Trinajstić information content (AvgIpc) is 3.41. The van der Waals surface area contributed by atoms with Crippen LogP contribution in [0.25, 0.3) is 10.9 Å². The number of fused-ring (bicyclic) bond motifs is 2. The molecule has 4 aromatic rings. The van der Waals surface area contributed by atoms with Crippen molar-refractivity contribution in [2.75, 3.05) is 30.7 Å². The first-order chi connectivity index (χ1) is 17.1. The first-order valence-corrected chi connectivity index (χ1v) is 11.8. The molecule has 0 radical (unpaired) electrons. The molecule has 0 saturated carbocycles. The SMILES string of the molecule is COc1ccc(N2CN(Cc3cc4cc(Cl)ccc4n3CCCC#N)c3cnccc32)c(OC)c1. The Labute approximate surface area is 209 Å². The molecule has 0 saturated heterocycles. The highest BCUT2D eigenvalue weighted by Crippen LogP contribution is 2.44. The van der Waals surface area contributed by atoms with Crippen LogP contribution in [0, 0.1) is 11.3 Å². The number of rotatable bonds is 8. The monoisotopic (exact) mass is 487 g/mol. The number of hydrogen-bond donors (Lipinski definition) is 0. The molecule has 8 heteroatoms. The smallest absolute Gasteiger partial charge is 0.146 e. The largest absolute Gasteiger partial charge is 0.497 e. The van der Waals surface area contributed by atoms with Crippen molar-refractivity contribution in [3.63, 3.8) is 0 Å². The fourth-order valence-corrected chi connectivity index (χ4v) is 4.91. The molecular formula is C27H26ClN5O2. The highest BCUT2D eigenvalue weighted by atomic mass is 35.5. The van der Waals surface area contributed by atoms with Gasteiger partial charge in [0.15, 0.2) is 0 Å². The van der Waals surface area contributed by atoms with Gasteiger partial charge in [0.05, 0.1) is 56.8 Å². The van der Waals surface area contributed by atoms with E-state index in [2.05, 4.69) is 37.6 Å². The number of aryl methyl sites for hydroxylation is 1. The number of nitriles is 1. The lowest BCUT2D eigenvalue weighted by atomic mass is 10.2. The summed E-state index contributed by atoms with van der Waals surface area (Å²) in [6, 6.07) is 18.3. The van der Waals surface area contributed by atoms with Gasteiger partial charge in [-0.25, -0.2) is 0 Å². The quantitative estimate of drug-likeness (QED) is 0.279. The van der Waals surface area contributed by atoms with Gasteiger partial charge in [0, 0.05) is 46.8 Å². The van der Waals surface area contributed by atoms with Gasteiger partial charge in [-0.1, -0.05) is 11.6 Å². The molecule has 0 amide bonds. The van der Waals surface area contributed by atoms with Crippen molar-refractivity contribution < 1.29 is 9.47 Å². The molecule has 2 aromatic carbocycles. The van der Waals surface area contributed by atoms with Crippen LogP contribution < -0.4 is 19.3 Å². The third-order valence-corrected chi connectivity index (χ3v) is 6.61. The van der Waals surface area contributed by atoms with Crippen molar-refractivity contribution in [3.05, 3.63) is 71.6 Å². The van der Waals surface area contributed by atoms with Gasteiger partial charge in [0.2, 0.25) is 0 Å². The normalized spacial score (nSPS) is 12.6. The molecule has 0 atom stereocenters. The Hall–Kier alpha value is -3.89. The Kier molecular flexibility index (Phi) is 6.39. The van der Waals surface area contributed by atoms with Crippen molar-refractivity contribution in [1.82, 2.24) is 9.55 Å². The van der Waals surface area contributed by atoms with Gasteiger partial charge < -0.3 is 23.8 Å². The van der Waals surface area contributed by atoms with E-state index in [-0.39, 0.29) is 0 Å². The molecule has 1 aliphatic heterocycles. The second kappa shape index (κ2) is 9.77. The topological polar surface area (TPSA) is 66.5 Å². The first kappa shape index (κ1) is 22.9. The summed E-state index contributed by atoms with van der Waals surface area (Å²) in [5.41, 5.74) is 5.38. The van der Waals surface area contributed by atoms with Crippen LogP contribution in [0.2, 0.25) is 5.02 Å². The second-order valence-corrected chi connectivity index (χ2v) is 8.86. The maximum atomic E-state index is 9.05.